The van der Waals surface area contributed by atoms with Crippen molar-refractivity contribution in [1.29, 1.82) is 0 Å². The smallest absolute Gasteiger partial charge is 0.284 e. The average molecular weight is 432 g/mol. The van der Waals surface area contributed by atoms with E-state index in [0.717, 1.165) is 23.1 Å². The van der Waals surface area contributed by atoms with E-state index in [1.165, 1.54) is 18.4 Å². The fourth-order valence-electron chi connectivity index (χ4n) is 3.04. The fourth-order valence-corrected chi connectivity index (χ4v) is 3.86. The third kappa shape index (κ3) is 3.86. The molecule has 0 fully saturated rings. The van der Waals surface area contributed by atoms with Crippen molar-refractivity contribution in [3.8, 4) is 17.3 Å². The minimum absolute atomic E-state index is 0.0298. The zero-order chi connectivity index (χ0) is 20.5. The van der Waals surface area contributed by atoms with Gasteiger partial charge in [0.25, 0.3) is 11.1 Å². The number of Topliss-reactive ketones (excluding diaryl/α,β-unsaturated/α-hetero) is 1. The number of hydrogen-bond donors (Lipinski definition) is 0. The molecule has 3 heterocycles. The monoisotopic (exact) mass is 431 g/mol. The first-order valence-corrected chi connectivity index (χ1v) is 9.98. The van der Waals surface area contributed by atoms with Crippen LogP contribution in [0.5, 0.6) is 0 Å². The summed E-state index contributed by atoms with van der Waals surface area (Å²) in [6, 6.07) is 9.70. The van der Waals surface area contributed by atoms with Crippen LogP contribution in [0.4, 0.5) is 4.39 Å². The molecule has 148 valence electrons. The molecule has 0 N–H and O–H groups in total. The van der Waals surface area contributed by atoms with Crippen LogP contribution in [0, 0.1) is 19.7 Å². The predicted octanol–water partition coefficient (Wildman–Crippen LogP) is 5.50. The minimum atomic E-state index is -0.487. The summed E-state index contributed by atoms with van der Waals surface area (Å²) in [5.41, 5.74) is 2.85. The molecular weight excluding hydrogens is 417 g/mol. The topological polar surface area (TPSA) is 74.1 Å². The van der Waals surface area contributed by atoms with Crippen molar-refractivity contribution < 1.29 is 18.0 Å². The number of thioether (sulfide) groups is 1. The molecule has 4 aromatic rings. The van der Waals surface area contributed by atoms with Crippen LogP contribution in [0.2, 0.25) is 5.02 Å². The Morgan fingerprint density at radius 1 is 1.24 bits per heavy atom. The summed E-state index contributed by atoms with van der Waals surface area (Å²) in [4.78, 5) is 12.8. The van der Waals surface area contributed by atoms with Crippen LogP contribution in [0.1, 0.15) is 21.7 Å². The van der Waals surface area contributed by atoms with E-state index in [2.05, 4.69) is 10.2 Å². The SMILES string of the molecule is Cc1cc(C(=O)CSc2nnc(-c3ccco3)o2)c(C)n1-c1ccc(F)c(Cl)c1. The Bertz CT molecular complexity index is 1180. The summed E-state index contributed by atoms with van der Waals surface area (Å²) in [6.45, 7) is 3.71. The van der Waals surface area contributed by atoms with Gasteiger partial charge in [0, 0.05) is 22.6 Å². The summed E-state index contributed by atoms with van der Waals surface area (Å²) >= 11 is 7.06. The van der Waals surface area contributed by atoms with Crippen LogP contribution in [-0.2, 0) is 0 Å². The summed E-state index contributed by atoms with van der Waals surface area (Å²) in [5.74, 6) is 0.293. The van der Waals surface area contributed by atoms with E-state index in [-0.39, 0.29) is 27.7 Å². The molecule has 29 heavy (non-hydrogen) atoms. The molecule has 1 aromatic carbocycles. The molecule has 0 spiro atoms. The van der Waals surface area contributed by atoms with Gasteiger partial charge in [0.05, 0.1) is 17.0 Å². The number of ketones is 1. The quantitative estimate of drug-likeness (QED) is 0.296. The summed E-state index contributed by atoms with van der Waals surface area (Å²) < 4.78 is 26.1. The van der Waals surface area contributed by atoms with E-state index in [4.69, 9.17) is 20.4 Å². The number of carbonyl (C=O) groups is 1. The van der Waals surface area contributed by atoms with Gasteiger partial charge < -0.3 is 13.4 Å². The molecule has 4 rings (SSSR count). The molecule has 0 aliphatic heterocycles. The van der Waals surface area contributed by atoms with Gasteiger partial charge in [-0.3, -0.25) is 4.79 Å². The molecule has 0 unspecified atom stereocenters. The molecule has 6 nitrogen and oxygen atoms in total. The van der Waals surface area contributed by atoms with Crippen LogP contribution in [0.25, 0.3) is 17.3 Å². The number of benzene rings is 1. The standard InChI is InChI=1S/C20H15ClFN3O3S/c1-11-8-14(12(2)25(11)13-5-6-16(22)15(21)9-13)17(26)10-29-20-24-23-19(28-20)18-4-3-7-27-18/h3-9H,10H2,1-2H3. The van der Waals surface area contributed by atoms with E-state index in [1.807, 2.05) is 18.4 Å². The van der Waals surface area contributed by atoms with Gasteiger partial charge in [-0.05, 0) is 50.2 Å². The van der Waals surface area contributed by atoms with Gasteiger partial charge in [-0.1, -0.05) is 23.4 Å². The van der Waals surface area contributed by atoms with Crippen LogP contribution in [0.3, 0.4) is 0 Å². The second-order valence-corrected chi connectivity index (χ2v) is 7.61. The second kappa shape index (κ2) is 7.88. The molecule has 0 saturated heterocycles. The third-order valence-electron chi connectivity index (χ3n) is 4.36. The second-order valence-electron chi connectivity index (χ2n) is 6.28. The molecule has 0 saturated carbocycles. The van der Waals surface area contributed by atoms with Gasteiger partial charge >= 0.3 is 0 Å². The van der Waals surface area contributed by atoms with Crippen molar-refractivity contribution in [3.05, 3.63) is 70.5 Å². The van der Waals surface area contributed by atoms with Crippen molar-refractivity contribution in [1.82, 2.24) is 14.8 Å². The van der Waals surface area contributed by atoms with Crippen LogP contribution in [-0.4, -0.2) is 26.3 Å². The number of halogens is 2. The Labute approximate surface area is 174 Å². The Morgan fingerprint density at radius 3 is 2.79 bits per heavy atom. The maximum absolute atomic E-state index is 13.5. The highest BCUT2D eigenvalue weighted by Crippen LogP contribution is 2.27. The van der Waals surface area contributed by atoms with Gasteiger partial charge in [-0.25, -0.2) is 4.39 Å². The van der Waals surface area contributed by atoms with Gasteiger partial charge in [-0.15, -0.1) is 10.2 Å². The number of aromatic nitrogens is 3. The van der Waals surface area contributed by atoms with Crippen molar-refractivity contribution in [2.45, 2.75) is 19.1 Å². The minimum Gasteiger partial charge on any atom is -0.459 e. The highest BCUT2D eigenvalue weighted by molar-refractivity contribution is 7.99. The summed E-state index contributed by atoms with van der Waals surface area (Å²) in [5, 5.41) is 8.15. The maximum atomic E-state index is 13.5. The molecule has 0 aliphatic rings. The zero-order valence-electron chi connectivity index (χ0n) is 15.5. The van der Waals surface area contributed by atoms with Crippen LogP contribution >= 0.6 is 23.4 Å². The Morgan fingerprint density at radius 2 is 2.07 bits per heavy atom. The molecule has 9 heteroatoms. The molecule has 0 bridgehead atoms. The number of carbonyl (C=O) groups excluding carboxylic acids is 1. The molecule has 0 radical (unpaired) electrons. The maximum Gasteiger partial charge on any atom is 0.284 e. The molecule has 0 atom stereocenters. The predicted molar refractivity (Wildman–Crippen MR) is 107 cm³/mol. The van der Waals surface area contributed by atoms with E-state index < -0.39 is 5.82 Å². The molecular formula is C20H15ClFN3O3S. The van der Waals surface area contributed by atoms with Gasteiger partial charge in [0.15, 0.2) is 11.5 Å². The Hall–Kier alpha value is -2.84. The fraction of sp³-hybridized carbons (Fsp3) is 0.150. The molecule has 3 aromatic heterocycles. The van der Waals surface area contributed by atoms with Crippen molar-refractivity contribution in [2.24, 2.45) is 0 Å². The van der Waals surface area contributed by atoms with E-state index in [1.54, 1.807) is 24.3 Å². The first-order chi connectivity index (χ1) is 13.9. The first kappa shape index (κ1) is 19.5. The molecule has 0 aliphatic carbocycles. The van der Waals surface area contributed by atoms with Crippen molar-refractivity contribution in [3.63, 3.8) is 0 Å². The van der Waals surface area contributed by atoms with Crippen LogP contribution in [0.15, 0.2) is 56.7 Å². The number of furan rings is 1. The lowest BCUT2D eigenvalue weighted by Crippen LogP contribution is -2.05. The lowest BCUT2D eigenvalue weighted by Gasteiger charge is -2.10. The van der Waals surface area contributed by atoms with Gasteiger partial charge in [0.2, 0.25) is 0 Å². The highest BCUT2D eigenvalue weighted by atomic mass is 35.5. The normalized spacial score (nSPS) is 11.2. The van der Waals surface area contributed by atoms with E-state index in [0.29, 0.717) is 17.0 Å². The number of rotatable bonds is 6. The van der Waals surface area contributed by atoms with Crippen molar-refractivity contribution in [2.75, 3.05) is 5.75 Å². The van der Waals surface area contributed by atoms with Gasteiger partial charge in [0.1, 0.15) is 5.82 Å². The van der Waals surface area contributed by atoms with E-state index >= 15 is 0 Å². The first-order valence-electron chi connectivity index (χ1n) is 8.62. The number of aryl methyl sites for hydroxylation is 1. The number of hydrogen-bond acceptors (Lipinski definition) is 6. The van der Waals surface area contributed by atoms with E-state index in [9.17, 15) is 9.18 Å². The van der Waals surface area contributed by atoms with Crippen LogP contribution < -0.4 is 0 Å². The lowest BCUT2D eigenvalue weighted by atomic mass is 10.2. The largest absolute Gasteiger partial charge is 0.459 e. The third-order valence-corrected chi connectivity index (χ3v) is 5.47. The Kier molecular flexibility index (Phi) is 5.29. The van der Waals surface area contributed by atoms with Gasteiger partial charge in [-0.2, -0.15) is 0 Å². The highest BCUT2D eigenvalue weighted by Gasteiger charge is 2.19. The lowest BCUT2D eigenvalue weighted by molar-refractivity contribution is 0.102. The summed E-state index contributed by atoms with van der Waals surface area (Å²) in [6.07, 6.45) is 1.51. The number of nitrogens with zero attached hydrogens (tertiary/aromatic N) is 3. The Balaban J connectivity index is 1.51. The van der Waals surface area contributed by atoms with Crippen molar-refractivity contribution >= 4 is 29.1 Å². The average Bonchev–Trinajstić information content (AvgIpc) is 3.43. The summed E-state index contributed by atoms with van der Waals surface area (Å²) in [7, 11) is 0. The zero-order valence-corrected chi connectivity index (χ0v) is 17.1. The molecule has 0 amide bonds.